The van der Waals surface area contributed by atoms with Crippen LogP contribution in [-0.2, 0) is 9.53 Å². The van der Waals surface area contributed by atoms with Crippen molar-refractivity contribution in [2.45, 2.75) is 19.9 Å². The molecule has 0 radical (unpaired) electrons. The van der Waals surface area contributed by atoms with Crippen molar-refractivity contribution in [3.8, 4) is 0 Å². The van der Waals surface area contributed by atoms with Crippen molar-refractivity contribution in [2.24, 2.45) is 5.92 Å². The van der Waals surface area contributed by atoms with Crippen molar-refractivity contribution in [1.29, 1.82) is 0 Å². The Balaban J connectivity index is 2.00. The van der Waals surface area contributed by atoms with E-state index in [1.54, 1.807) is 13.8 Å². The monoisotopic (exact) mass is 375 g/mol. The molecule has 0 aliphatic rings. The van der Waals surface area contributed by atoms with Gasteiger partial charge in [0.2, 0.25) is 0 Å². The van der Waals surface area contributed by atoms with Crippen molar-refractivity contribution in [3.05, 3.63) is 71.3 Å². The lowest BCUT2D eigenvalue weighted by Crippen LogP contribution is -2.46. The highest BCUT2D eigenvalue weighted by Crippen LogP contribution is 2.10. The number of hydrogen-bond donors (Lipinski definition) is 1. The first-order valence-corrected chi connectivity index (χ1v) is 8.30. The number of carbonyl (C=O) groups is 3. The number of rotatable bonds is 7. The molecule has 0 fully saturated rings. The van der Waals surface area contributed by atoms with Gasteiger partial charge < -0.3 is 10.1 Å². The molecule has 0 aromatic heterocycles. The molecule has 0 saturated carbocycles. The molecule has 0 aliphatic heterocycles. The highest BCUT2D eigenvalue weighted by molar-refractivity contribution is 5.99. The Hall–Kier alpha value is -3.09. The van der Waals surface area contributed by atoms with Gasteiger partial charge in [0, 0.05) is 5.56 Å². The van der Waals surface area contributed by atoms with Crippen LogP contribution in [0.15, 0.2) is 48.5 Å². The van der Waals surface area contributed by atoms with E-state index in [2.05, 4.69) is 5.32 Å². The summed E-state index contributed by atoms with van der Waals surface area (Å²) in [4.78, 5) is 36.5. The smallest absolute Gasteiger partial charge is 0.329 e. The lowest BCUT2D eigenvalue weighted by atomic mass is 10.0. The summed E-state index contributed by atoms with van der Waals surface area (Å²) in [7, 11) is 0. The Morgan fingerprint density at radius 1 is 1.00 bits per heavy atom. The van der Waals surface area contributed by atoms with Crippen LogP contribution in [-0.4, -0.2) is 30.3 Å². The number of nitrogens with one attached hydrogen (secondary N) is 1. The van der Waals surface area contributed by atoms with Crippen LogP contribution < -0.4 is 5.32 Å². The van der Waals surface area contributed by atoms with E-state index in [0.717, 1.165) is 18.2 Å². The van der Waals surface area contributed by atoms with E-state index < -0.39 is 41.9 Å². The molecular weight excluding hydrogens is 356 g/mol. The molecule has 0 aliphatic carbocycles. The number of Topliss-reactive ketones (excluding diaryl/α,β-unsaturated/α-hetero) is 1. The maximum absolute atomic E-state index is 13.7. The van der Waals surface area contributed by atoms with Crippen LogP contribution in [0.5, 0.6) is 0 Å². The Labute approximate surface area is 155 Å². The van der Waals surface area contributed by atoms with Crippen molar-refractivity contribution >= 4 is 17.7 Å². The third kappa shape index (κ3) is 5.44. The molecule has 2 rings (SSSR count). The van der Waals surface area contributed by atoms with Gasteiger partial charge in [-0.25, -0.2) is 13.6 Å². The molecule has 7 heteroatoms. The molecule has 1 amide bonds. The quantitative estimate of drug-likeness (QED) is 0.596. The molecular formula is C20H19F2NO4. The fraction of sp³-hybridized carbons (Fsp3) is 0.250. The molecule has 2 aromatic rings. The van der Waals surface area contributed by atoms with Crippen molar-refractivity contribution < 1.29 is 27.9 Å². The summed E-state index contributed by atoms with van der Waals surface area (Å²) >= 11 is 0. The third-order valence-corrected chi connectivity index (χ3v) is 3.84. The van der Waals surface area contributed by atoms with Crippen molar-refractivity contribution in [2.75, 3.05) is 6.61 Å². The second-order valence-corrected chi connectivity index (χ2v) is 6.21. The highest BCUT2D eigenvalue weighted by atomic mass is 19.1. The van der Waals surface area contributed by atoms with E-state index in [1.807, 2.05) is 0 Å². The topological polar surface area (TPSA) is 72.5 Å². The summed E-state index contributed by atoms with van der Waals surface area (Å²) in [6.45, 7) is 2.80. The number of ketones is 1. The van der Waals surface area contributed by atoms with Crippen LogP contribution in [0.3, 0.4) is 0 Å². The zero-order chi connectivity index (χ0) is 20.0. The second kappa shape index (κ2) is 9.02. The van der Waals surface area contributed by atoms with Gasteiger partial charge in [-0.3, -0.25) is 9.59 Å². The van der Waals surface area contributed by atoms with Gasteiger partial charge >= 0.3 is 5.97 Å². The predicted molar refractivity (Wildman–Crippen MR) is 94.2 cm³/mol. The lowest BCUT2D eigenvalue weighted by Gasteiger charge is -2.20. The second-order valence-electron chi connectivity index (χ2n) is 6.21. The van der Waals surface area contributed by atoms with Crippen LogP contribution in [0.25, 0.3) is 0 Å². The van der Waals surface area contributed by atoms with E-state index in [-0.39, 0.29) is 17.0 Å². The molecule has 2 aromatic carbocycles. The molecule has 0 spiro atoms. The molecule has 0 bridgehead atoms. The van der Waals surface area contributed by atoms with Gasteiger partial charge in [0.15, 0.2) is 12.4 Å². The number of carbonyl (C=O) groups excluding carboxylic acids is 3. The minimum Gasteiger partial charge on any atom is -0.456 e. The van der Waals surface area contributed by atoms with Crippen LogP contribution >= 0.6 is 0 Å². The summed E-state index contributed by atoms with van der Waals surface area (Å²) < 4.78 is 31.6. The Morgan fingerprint density at radius 2 is 1.63 bits per heavy atom. The maximum atomic E-state index is 13.7. The van der Waals surface area contributed by atoms with Crippen LogP contribution in [0.1, 0.15) is 34.6 Å². The van der Waals surface area contributed by atoms with E-state index >= 15 is 0 Å². The maximum Gasteiger partial charge on any atom is 0.329 e. The van der Waals surface area contributed by atoms with E-state index in [9.17, 15) is 23.2 Å². The van der Waals surface area contributed by atoms with Crippen LogP contribution in [0.4, 0.5) is 8.78 Å². The fourth-order valence-electron chi connectivity index (χ4n) is 2.31. The Kier molecular flexibility index (Phi) is 6.76. The fourth-order valence-corrected chi connectivity index (χ4v) is 2.31. The molecule has 5 nitrogen and oxygen atoms in total. The predicted octanol–water partition coefficient (Wildman–Crippen LogP) is 3.15. The number of esters is 1. The first-order valence-electron chi connectivity index (χ1n) is 8.30. The zero-order valence-corrected chi connectivity index (χ0v) is 14.9. The van der Waals surface area contributed by atoms with E-state index in [4.69, 9.17) is 4.74 Å². The summed E-state index contributed by atoms with van der Waals surface area (Å²) in [6, 6.07) is 9.14. The third-order valence-electron chi connectivity index (χ3n) is 3.84. The van der Waals surface area contributed by atoms with Crippen molar-refractivity contribution in [3.63, 3.8) is 0 Å². The van der Waals surface area contributed by atoms with Gasteiger partial charge in [0.1, 0.15) is 17.7 Å². The minimum absolute atomic E-state index is 0.195. The lowest BCUT2D eigenvalue weighted by molar-refractivity contribution is -0.145. The van der Waals surface area contributed by atoms with Crippen molar-refractivity contribution in [1.82, 2.24) is 5.32 Å². The van der Waals surface area contributed by atoms with Gasteiger partial charge in [0.05, 0.1) is 5.56 Å². The SMILES string of the molecule is CC(C)[C@H](NC(=O)c1ccccc1F)C(=O)OCC(=O)c1ccc(F)cc1. The van der Waals surface area contributed by atoms with Gasteiger partial charge in [-0.15, -0.1) is 0 Å². The normalized spacial score (nSPS) is 11.7. The number of hydrogen-bond acceptors (Lipinski definition) is 4. The zero-order valence-electron chi connectivity index (χ0n) is 14.9. The summed E-state index contributed by atoms with van der Waals surface area (Å²) in [5, 5.41) is 2.43. The molecule has 0 unspecified atom stereocenters. The summed E-state index contributed by atoms with van der Waals surface area (Å²) in [6.07, 6.45) is 0. The average molecular weight is 375 g/mol. The first kappa shape index (κ1) is 20.2. The number of ether oxygens (including phenoxy) is 1. The first-order chi connectivity index (χ1) is 12.8. The highest BCUT2D eigenvalue weighted by Gasteiger charge is 2.27. The minimum atomic E-state index is -1.06. The van der Waals surface area contributed by atoms with E-state index in [0.29, 0.717) is 0 Å². The number of amides is 1. The Bertz CT molecular complexity index is 834. The Morgan fingerprint density at radius 3 is 2.22 bits per heavy atom. The van der Waals surface area contributed by atoms with Gasteiger partial charge in [-0.1, -0.05) is 26.0 Å². The standard InChI is InChI=1S/C20H19F2NO4/c1-12(2)18(23-19(25)15-5-3-4-6-16(15)22)20(26)27-11-17(24)13-7-9-14(21)10-8-13/h3-10,12,18H,11H2,1-2H3,(H,23,25)/t18-/m0/s1. The van der Waals surface area contributed by atoms with Gasteiger partial charge in [0.25, 0.3) is 5.91 Å². The molecule has 142 valence electrons. The van der Waals surface area contributed by atoms with Crippen LogP contribution in [0.2, 0.25) is 0 Å². The van der Waals surface area contributed by atoms with Gasteiger partial charge in [-0.05, 0) is 42.3 Å². The summed E-state index contributed by atoms with van der Waals surface area (Å²) in [5.41, 5.74) is -0.000900. The van der Waals surface area contributed by atoms with E-state index in [1.165, 1.54) is 30.3 Å². The largest absolute Gasteiger partial charge is 0.456 e. The van der Waals surface area contributed by atoms with Gasteiger partial charge in [-0.2, -0.15) is 0 Å². The molecule has 0 heterocycles. The summed E-state index contributed by atoms with van der Waals surface area (Å²) in [5.74, 6) is -3.63. The average Bonchev–Trinajstić information content (AvgIpc) is 2.64. The number of halogens is 2. The number of benzene rings is 2. The molecule has 0 saturated heterocycles. The molecule has 27 heavy (non-hydrogen) atoms. The van der Waals surface area contributed by atoms with Crippen LogP contribution in [0, 0.1) is 17.6 Å². The molecule has 1 N–H and O–H groups in total. The molecule has 1 atom stereocenters.